The van der Waals surface area contributed by atoms with Crippen LogP contribution in [-0.2, 0) is 10.0 Å². The van der Waals surface area contributed by atoms with E-state index in [4.69, 9.17) is 5.73 Å². The number of unbranched alkanes of at least 4 members (excludes halogenated alkanes) is 1. The first-order valence-corrected chi connectivity index (χ1v) is 8.31. The molecule has 0 aromatic heterocycles. The Kier molecular flexibility index (Phi) is 5.89. The lowest BCUT2D eigenvalue weighted by atomic mass is 9.78. The van der Waals surface area contributed by atoms with Crippen LogP contribution in [0.15, 0.2) is 0 Å². The fourth-order valence-electron chi connectivity index (χ4n) is 2.47. The van der Waals surface area contributed by atoms with Gasteiger partial charge in [-0.15, -0.1) is 0 Å². The molecule has 102 valence electrons. The predicted octanol–water partition coefficient (Wildman–Crippen LogP) is 1.47. The molecule has 0 heterocycles. The Morgan fingerprint density at radius 1 is 1.24 bits per heavy atom. The van der Waals surface area contributed by atoms with Gasteiger partial charge in [-0.1, -0.05) is 26.7 Å². The second-order valence-corrected chi connectivity index (χ2v) is 7.18. The standard InChI is InChI=1S/C12H26N2O2S/c1-10-6-5-7-12(11(10)2)14-17(15,16)9-4-3-8-13/h10-12,14H,3-9,13H2,1-2H3. The van der Waals surface area contributed by atoms with Crippen LogP contribution < -0.4 is 10.5 Å². The molecule has 3 unspecified atom stereocenters. The fraction of sp³-hybridized carbons (Fsp3) is 1.00. The van der Waals surface area contributed by atoms with Gasteiger partial charge in [0.1, 0.15) is 0 Å². The van der Waals surface area contributed by atoms with Crippen molar-refractivity contribution in [3.8, 4) is 0 Å². The quantitative estimate of drug-likeness (QED) is 0.712. The van der Waals surface area contributed by atoms with E-state index >= 15 is 0 Å². The second-order valence-electron chi connectivity index (χ2n) is 5.31. The van der Waals surface area contributed by atoms with E-state index in [1.807, 2.05) is 0 Å². The molecule has 1 fully saturated rings. The molecule has 1 aliphatic carbocycles. The van der Waals surface area contributed by atoms with E-state index in [9.17, 15) is 8.42 Å². The lowest BCUT2D eigenvalue weighted by molar-refractivity contribution is 0.227. The van der Waals surface area contributed by atoms with E-state index in [1.165, 1.54) is 6.42 Å². The SMILES string of the molecule is CC1CCCC(NS(=O)(=O)CCCCN)C1C. The predicted molar refractivity (Wildman–Crippen MR) is 71.2 cm³/mol. The van der Waals surface area contributed by atoms with Crippen LogP contribution in [0.5, 0.6) is 0 Å². The summed E-state index contributed by atoms with van der Waals surface area (Å²) in [5, 5.41) is 0. The van der Waals surface area contributed by atoms with E-state index in [-0.39, 0.29) is 11.8 Å². The number of nitrogens with two attached hydrogens (primary N) is 1. The van der Waals surface area contributed by atoms with Gasteiger partial charge in [0.05, 0.1) is 5.75 Å². The van der Waals surface area contributed by atoms with Gasteiger partial charge in [-0.25, -0.2) is 13.1 Å². The lowest BCUT2D eigenvalue weighted by Gasteiger charge is -2.34. The molecule has 1 rings (SSSR count). The Hall–Kier alpha value is -0.130. The highest BCUT2D eigenvalue weighted by Gasteiger charge is 2.29. The van der Waals surface area contributed by atoms with Gasteiger partial charge in [-0.3, -0.25) is 0 Å². The third-order valence-corrected chi connectivity index (χ3v) is 5.39. The van der Waals surface area contributed by atoms with Crippen LogP contribution in [0.2, 0.25) is 0 Å². The molecule has 0 aromatic carbocycles. The summed E-state index contributed by atoms with van der Waals surface area (Å²) in [6, 6.07) is 0.127. The Balaban J connectivity index is 2.46. The van der Waals surface area contributed by atoms with Crippen LogP contribution in [-0.4, -0.2) is 26.8 Å². The summed E-state index contributed by atoms with van der Waals surface area (Å²) in [4.78, 5) is 0. The minimum Gasteiger partial charge on any atom is -0.330 e. The van der Waals surface area contributed by atoms with Crippen molar-refractivity contribution in [3.05, 3.63) is 0 Å². The Bertz CT molecular complexity index is 316. The zero-order valence-corrected chi connectivity index (χ0v) is 11.8. The van der Waals surface area contributed by atoms with Gasteiger partial charge in [-0.05, 0) is 37.6 Å². The molecule has 1 saturated carbocycles. The van der Waals surface area contributed by atoms with Crippen LogP contribution in [0.1, 0.15) is 46.0 Å². The van der Waals surface area contributed by atoms with Crippen LogP contribution >= 0.6 is 0 Å². The van der Waals surface area contributed by atoms with E-state index in [0.717, 1.165) is 19.3 Å². The van der Waals surface area contributed by atoms with E-state index < -0.39 is 10.0 Å². The molecule has 0 saturated heterocycles. The zero-order valence-electron chi connectivity index (χ0n) is 11.0. The van der Waals surface area contributed by atoms with Crippen LogP contribution in [0.4, 0.5) is 0 Å². The molecule has 5 heteroatoms. The van der Waals surface area contributed by atoms with Crippen molar-refractivity contribution < 1.29 is 8.42 Å². The minimum atomic E-state index is -3.12. The van der Waals surface area contributed by atoms with Crippen molar-refractivity contribution in [3.63, 3.8) is 0 Å². The summed E-state index contributed by atoms with van der Waals surface area (Å²) >= 11 is 0. The highest BCUT2D eigenvalue weighted by molar-refractivity contribution is 7.89. The first-order chi connectivity index (χ1) is 7.96. The highest BCUT2D eigenvalue weighted by atomic mass is 32.2. The second kappa shape index (κ2) is 6.71. The third-order valence-electron chi connectivity index (χ3n) is 3.90. The van der Waals surface area contributed by atoms with Gasteiger partial charge in [0.25, 0.3) is 0 Å². The van der Waals surface area contributed by atoms with Crippen molar-refractivity contribution in [2.45, 2.75) is 52.0 Å². The van der Waals surface area contributed by atoms with E-state index in [2.05, 4.69) is 18.6 Å². The number of rotatable bonds is 6. The van der Waals surface area contributed by atoms with E-state index in [1.54, 1.807) is 0 Å². The summed E-state index contributed by atoms with van der Waals surface area (Å²) in [7, 11) is -3.12. The number of nitrogens with one attached hydrogen (secondary N) is 1. The third kappa shape index (κ3) is 4.94. The van der Waals surface area contributed by atoms with Crippen molar-refractivity contribution in [2.24, 2.45) is 17.6 Å². The number of hydrogen-bond donors (Lipinski definition) is 2. The molecular weight excluding hydrogens is 236 g/mol. The molecule has 1 aliphatic rings. The summed E-state index contributed by atoms with van der Waals surface area (Å²) in [5.41, 5.74) is 5.37. The zero-order chi connectivity index (χ0) is 12.9. The summed E-state index contributed by atoms with van der Waals surface area (Å²) in [6.45, 7) is 4.92. The van der Waals surface area contributed by atoms with Crippen molar-refractivity contribution >= 4 is 10.0 Å². The van der Waals surface area contributed by atoms with Crippen LogP contribution in [0.25, 0.3) is 0 Å². The topological polar surface area (TPSA) is 72.2 Å². The van der Waals surface area contributed by atoms with Gasteiger partial charge in [-0.2, -0.15) is 0 Å². The van der Waals surface area contributed by atoms with Crippen molar-refractivity contribution in [1.82, 2.24) is 4.72 Å². The Labute approximate surface area is 105 Å². The van der Waals surface area contributed by atoms with Gasteiger partial charge in [0.15, 0.2) is 0 Å². The first-order valence-electron chi connectivity index (χ1n) is 6.66. The largest absolute Gasteiger partial charge is 0.330 e. The maximum absolute atomic E-state index is 11.9. The number of sulfonamides is 1. The maximum atomic E-state index is 11.9. The number of hydrogen-bond acceptors (Lipinski definition) is 3. The van der Waals surface area contributed by atoms with Gasteiger partial charge >= 0.3 is 0 Å². The van der Waals surface area contributed by atoms with Gasteiger partial charge in [0, 0.05) is 6.04 Å². The molecule has 0 aromatic rings. The normalized spacial score (nSPS) is 30.4. The molecular formula is C12H26N2O2S. The van der Waals surface area contributed by atoms with Crippen LogP contribution in [0, 0.1) is 11.8 Å². The molecule has 0 radical (unpaired) electrons. The molecule has 4 nitrogen and oxygen atoms in total. The highest BCUT2D eigenvalue weighted by Crippen LogP contribution is 2.29. The van der Waals surface area contributed by atoms with Gasteiger partial charge < -0.3 is 5.73 Å². The average Bonchev–Trinajstić information content (AvgIpc) is 2.25. The first kappa shape index (κ1) is 14.9. The molecule has 17 heavy (non-hydrogen) atoms. The molecule has 3 atom stereocenters. The minimum absolute atomic E-state index is 0.127. The molecule has 0 spiro atoms. The molecule has 0 bridgehead atoms. The summed E-state index contributed by atoms with van der Waals surface area (Å²) in [6.07, 6.45) is 4.75. The maximum Gasteiger partial charge on any atom is 0.211 e. The lowest BCUT2D eigenvalue weighted by Crippen LogP contribution is -2.44. The van der Waals surface area contributed by atoms with Crippen molar-refractivity contribution in [1.29, 1.82) is 0 Å². The van der Waals surface area contributed by atoms with Gasteiger partial charge in [0.2, 0.25) is 10.0 Å². The smallest absolute Gasteiger partial charge is 0.211 e. The average molecular weight is 262 g/mol. The fourth-order valence-corrected chi connectivity index (χ4v) is 3.97. The Morgan fingerprint density at radius 3 is 2.59 bits per heavy atom. The monoisotopic (exact) mass is 262 g/mol. The summed E-state index contributed by atoms with van der Waals surface area (Å²) in [5.74, 6) is 1.26. The van der Waals surface area contributed by atoms with E-state index in [0.29, 0.717) is 24.8 Å². The molecule has 3 N–H and O–H groups in total. The summed E-state index contributed by atoms with van der Waals surface area (Å²) < 4.78 is 26.6. The van der Waals surface area contributed by atoms with Crippen LogP contribution in [0.3, 0.4) is 0 Å². The van der Waals surface area contributed by atoms with Crippen molar-refractivity contribution in [2.75, 3.05) is 12.3 Å². The molecule has 0 amide bonds. The Morgan fingerprint density at radius 2 is 1.94 bits per heavy atom. The molecule has 0 aliphatic heterocycles.